The Labute approximate surface area is 149 Å². The molecular formula is C21H25NOS. The Bertz CT molecular complexity index is 690. The van der Waals surface area contributed by atoms with Gasteiger partial charge in [-0.05, 0) is 43.4 Å². The van der Waals surface area contributed by atoms with Crippen molar-refractivity contribution in [3.8, 4) is 0 Å². The number of hydrogen-bond donors (Lipinski definition) is 0. The van der Waals surface area contributed by atoms with Gasteiger partial charge >= 0.3 is 0 Å². The molecule has 0 aromatic heterocycles. The van der Waals surface area contributed by atoms with Gasteiger partial charge in [0.05, 0.1) is 0 Å². The first-order chi connectivity index (χ1) is 11.7. The maximum absolute atomic E-state index is 13.0. The van der Waals surface area contributed by atoms with E-state index in [-0.39, 0.29) is 5.78 Å². The number of hydrogen-bond acceptors (Lipinski definition) is 3. The van der Waals surface area contributed by atoms with Crippen LogP contribution in [0.15, 0.2) is 65.7 Å². The molecule has 0 amide bonds. The molecule has 3 heteroatoms. The summed E-state index contributed by atoms with van der Waals surface area (Å²) in [6.45, 7) is 5.99. The fourth-order valence-electron chi connectivity index (χ4n) is 2.58. The van der Waals surface area contributed by atoms with E-state index in [2.05, 4.69) is 37.1 Å². The van der Waals surface area contributed by atoms with Crippen molar-refractivity contribution in [2.75, 3.05) is 19.3 Å². The molecule has 2 aromatic rings. The van der Waals surface area contributed by atoms with Gasteiger partial charge < -0.3 is 4.90 Å². The van der Waals surface area contributed by atoms with Crippen LogP contribution in [0.4, 0.5) is 0 Å². The molecule has 0 fully saturated rings. The molecule has 0 aliphatic rings. The van der Waals surface area contributed by atoms with E-state index in [1.807, 2.05) is 48.7 Å². The summed E-state index contributed by atoms with van der Waals surface area (Å²) in [4.78, 5) is 16.3. The molecular weight excluding hydrogens is 314 g/mol. The Morgan fingerprint density at radius 3 is 2.38 bits per heavy atom. The largest absolute Gasteiger partial charge is 0.377 e. The molecule has 126 valence electrons. The van der Waals surface area contributed by atoms with E-state index in [4.69, 9.17) is 0 Å². The van der Waals surface area contributed by atoms with E-state index < -0.39 is 0 Å². The van der Waals surface area contributed by atoms with Crippen LogP contribution in [0.2, 0.25) is 0 Å². The van der Waals surface area contributed by atoms with Crippen LogP contribution in [0.3, 0.4) is 0 Å². The quantitative estimate of drug-likeness (QED) is 0.504. The Balaban J connectivity index is 2.30. The van der Waals surface area contributed by atoms with Gasteiger partial charge in [0.2, 0.25) is 0 Å². The van der Waals surface area contributed by atoms with E-state index >= 15 is 0 Å². The lowest BCUT2D eigenvalue weighted by molar-refractivity contribution is -0.113. The number of nitrogens with zero attached hydrogens (tertiary/aromatic N) is 1. The number of carbonyl (C=O) groups is 1. The zero-order valence-corrected chi connectivity index (χ0v) is 15.5. The normalized spacial score (nSPS) is 11.4. The molecule has 24 heavy (non-hydrogen) atoms. The van der Waals surface area contributed by atoms with Gasteiger partial charge in [-0.15, -0.1) is 11.8 Å². The molecule has 0 aliphatic heterocycles. The summed E-state index contributed by atoms with van der Waals surface area (Å²) in [5.74, 6) is 0.159. The van der Waals surface area contributed by atoms with Crippen LogP contribution < -0.4 is 0 Å². The van der Waals surface area contributed by atoms with Crippen LogP contribution in [-0.2, 0) is 11.2 Å². The minimum atomic E-state index is 0.159. The standard InChI is InChI=1S/C21H25NOS/c1-4-22(5-2)16-20(18-11-7-6-8-12-18)21(23)15-17-10-9-13-19(14-17)24-3/h6-14,16H,4-5,15H2,1-3H3. The highest BCUT2D eigenvalue weighted by atomic mass is 32.2. The van der Waals surface area contributed by atoms with Crippen molar-refractivity contribution in [3.63, 3.8) is 0 Å². The van der Waals surface area contributed by atoms with Gasteiger partial charge in [-0.3, -0.25) is 4.79 Å². The van der Waals surface area contributed by atoms with Crippen molar-refractivity contribution in [2.24, 2.45) is 0 Å². The summed E-state index contributed by atoms with van der Waals surface area (Å²) in [6.07, 6.45) is 4.49. The molecule has 0 N–H and O–H groups in total. The first-order valence-electron chi connectivity index (χ1n) is 8.35. The number of benzene rings is 2. The van der Waals surface area contributed by atoms with Crippen LogP contribution in [0.25, 0.3) is 5.57 Å². The lowest BCUT2D eigenvalue weighted by atomic mass is 9.97. The molecule has 0 saturated heterocycles. The number of carbonyl (C=O) groups excluding carboxylic acids is 1. The van der Waals surface area contributed by atoms with Crippen LogP contribution in [0, 0.1) is 0 Å². The molecule has 2 aromatic carbocycles. The maximum Gasteiger partial charge on any atom is 0.169 e. The van der Waals surface area contributed by atoms with Crippen molar-refractivity contribution in [1.82, 2.24) is 4.90 Å². The second-order valence-electron chi connectivity index (χ2n) is 5.58. The van der Waals surface area contributed by atoms with Crippen molar-refractivity contribution in [1.29, 1.82) is 0 Å². The summed E-state index contributed by atoms with van der Waals surface area (Å²) in [7, 11) is 0. The van der Waals surface area contributed by atoms with Gasteiger partial charge in [0.15, 0.2) is 5.78 Å². The first kappa shape index (κ1) is 18.3. The molecule has 0 unspecified atom stereocenters. The second kappa shape index (κ2) is 9.33. The fraction of sp³-hybridized carbons (Fsp3) is 0.286. The van der Waals surface area contributed by atoms with Gasteiger partial charge in [0.25, 0.3) is 0 Å². The van der Waals surface area contributed by atoms with Gasteiger partial charge in [-0.2, -0.15) is 0 Å². The van der Waals surface area contributed by atoms with E-state index in [1.165, 1.54) is 4.90 Å². The molecule has 2 rings (SSSR count). The van der Waals surface area contributed by atoms with Gasteiger partial charge in [-0.1, -0.05) is 42.5 Å². The zero-order chi connectivity index (χ0) is 17.4. The topological polar surface area (TPSA) is 20.3 Å². The summed E-state index contributed by atoms with van der Waals surface area (Å²) in [6, 6.07) is 18.2. The minimum Gasteiger partial charge on any atom is -0.377 e. The molecule has 0 spiro atoms. The van der Waals surface area contributed by atoms with Crippen LogP contribution in [0.1, 0.15) is 25.0 Å². The lowest BCUT2D eigenvalue weighted by Gasteiger charge is -2.18. The van der Waals surface area contributed by atoms with Crippen molar-refractivity contribution >= 4 is 23.1 Å². The van der Waals surface area contributed by atoms with E-state index in [1.54, 1.807) is 11.8 Å². The Morgan fingerprint density at radius 2 is 1.75 bits per heavy atom. The fourth-order valence-corrected chi connectivity index (χ4v) is 3.06. The molecule has 0 heterocycles. The molecule has 0 radical (unpaired) electrons. The third kappa shape index (κ3) is 5.00. The number of allylic oxidation sites excluding steroid dienone is 1. The Morgan fingerprint density at radius 1 is 1.04 bits per heavy atom. The minimum absolute atomic E-state index is 0.159. The summed E-state index contributed by atoms with van der Waals surface area (Å²) >= 11 is 1.70. The number of Topliss-reactive ketones (excluding diaryl/α,β-unsaturated/α-hetero) is 1. The predicted molar refractivity (Wildman–Crippen MR) is 104 cm³/mol. The first-order valence-corrected chi connectivity index (χ1v) is 9.57. The highest BCUT2D eigenvalue weighted by Crippen LogP contribution is 2.21. The SMILES string of the molecule is CCN(C=C(C(=O)Cc1cccc(SC)c1)c1ccccc1)CC. The van der Waals surface area contributed by atoms with E-state index in [0.29, 0.717) is 6.42 Å². The maximum atomic E-state index is 13.0. The number of rotatable bonds is 8. The van der Waals surface area contributed by atoms with Crippen LogP contribution in [-0.4, -0.2) is 30.0 Å². The molecule has 0 saturated carbocycles. The number of thioether (sulfide) groups is 1. The number of ketones is 1. The molecule has 0 aliphatic carbocycles. The van der Waals surface area contributed by atoms with Gasteiger partial charge in [0.1, 0.15) is 0 Å². The van der Waals surface area contributed by atoms with Crippen molar-refractivity contribution < 1.29 is 4.79 Å². The van der Waals surface area contributed by atoms with Crippen LogP contribution >= 0.6 is 11.8 Å². The Kier molecular flexibility index (Phi) is 7.13. The second-order valence-corrected chi connectivity index (χ2v) is 6.46. The van der Waals surface area contributed by atoms with Gasteiger partial charge in [-0.25, -0.2) is 0 Å². The lowest BCUT2D eigenvalue weighted by Crippen LogP contribution is -2.18. The summed E-state index contributed by atoms with van der Waals surface area (Å²) in [5, 5.41) is 0. The average molecular weight is 340 g/mol. The van der Waals surface area contributed by atoms with Gasteiger partial charge in [0, 0.05) is 36.2 Å². The molecule has 2 nitrogen and oxygen atoms in total. The van der Waals surface area contributed by atoms with Crippen LogP contribution in [0.5, 0.6) is 0 Å². The zero-order valence-electron chi connectivity index (χ0n) is 14.7. The monoisotopic (exact) mass is 339 g/mol. The van der Waals surface area contributed by atoms with Crippen molar-refractivity contribution in [3.05, 3.63) is 71.9 Å². The van der Waals surface area contributed by atoms with Crippen molar-refractivity contribution in [2.45, 2.75) is 25.2 Å². The highest BCUT2D eigenvalue weighted by molar-refractivity contribution is 7.98. The third-order valence-electron chi connectivity index (χ3n) is 4.01. The third-order valence-corrected chi connectivity index (χ3v) is 4.73. The Hall–Kier alpha value is -2.00. The smallest absolute Gasteiger partial charge is 0.169 e. The predicted octanol–water partition coefficient (Wildman–Crippen LogP) is 4.90. The van der Waals surface area contributed by atoms with E-state index in [9.17, 15) is 4.79 Å². The van der Waals surface area contributed by atoms with E-state index in [0.717, 1.165) is 29.8 Å². The summed E-state index contributed by atoms with van der Waals surface area (Å²) in [5.41, 5.74) is 2.83. The highest BCUT2D eigenvalue weighted by Gasteiger charge is 2.14. The average Bonchev–Trinajstić information content (AvgIpc) is 2.63. The summed E-state index contributed by atoms with van der Waals surface area (Å²) < 4.78 is 0. The molecule has 0 bridgehead atoms. The molecule has 0 atom stereocenters.